The molecule has 8 heteroatoms. The Morgan fingerprint density at radius 3 is 2.21 bits per heavy atom. The summed E-state index contributed by atoms with van der Waals surface area (Å²) in [5.41, 5.74) is 0.600. The maximum Gasteiger partial charge on any atom is 0.339 e. The third-order valence-electron chi connectivity index (χ3n) is 3.94. The van der Waals surface area contributed by atoms with Gasteiger partial charge in [-0.05, 0) is 29.8 Å². The van der Waals surface area contributed by atoms with E-state index in [1.807, 2.05) is 0 Å². The third-order valence-corrected chi connectivity index (χ3v) is 3.94. The van der Waals surface area contributed by atoms with Gasteiger partial charge in [-0.25, -0.2) is 14.0 Å². The number of esters is 2. The van der Waals surface area contributed by atoms with E-state index in [0.717, 1.165) is 0 Å². The average molecular weight is 389 g/mol. The summed E-state index contributed by atoms with van der Waals surface area (Å²) in [5.74, 6) is -2.42. The van der Waals surface area contributed by atoms with Gasteiger partial charge in [0.05, 0.1) is 25.3 Å². The second-order valence-electron chi connectivity index (χ2n) is 5.83. The first kappa shape index (κ1) is 20.9. The number of benzene rings is 2. The van der Waals surface area contributed by atoms with E-state index in [9.17, 15) is 18.8 Å². The molecule has 0 bridgehead atoms. The van der Waals surface area contributed by atoms with Gasteiger partial charge in [0.1, 0.15) is 0 Å². The predicted molar refractivity (Wildman–Crippen MR) is 97.5 cm³/mol. The molecule has 0 radical (unpaired) electrons. The largest absolute Gasteiger partial charge is 0.494 e. The molecule has 0 saturated heterocycles. The normalized spacial score (nSPS) is 10.1. The van der Waals surface area contributed by atoms with Crippen molar-refractivity contribution < 1.29 is 33.0 Å². The van der Waals surface area contributed by atoms with Crippen molar-refractivity contribution in [3.63, 3.8) is 0 Å². The molecular weight excluding hydrogens is 369 g/mol. The second kappa shape index (κ2) is 9.50. The summed E-state index contributed by atoms with van der Waals surface area (Å²) in [6.45, 7) is -0.403. The van der Waals surface area contributed by atoms with Crippen LogP contribution in [0.4, 0.5) is 4.39 Å². The molecule has 0 aliphatic rings. The van der Waals surface area contributed by atoms with Crippen molar-refractivity contribution >= 4 is 17.8 Å². The SMILES string of the molecule is COC(=O)c1ccccc1C(=O)OCC(=O)N(C)Cc1ccc(OC)c(F)c1. The van der Waals surface area contributed by atoms with Crippen molar-refractivity contribution in [2.45, 2.75) is 6.54 Å². The van der Waals surface area contributed by atoms with Crippen LogP contribution in [0, 0.1) is 5.82 Å². The van der Waals surface area contributed by atoms with Crippen LogP contribution in [0.3, 0.4) is 0 Å². The number of amides is 1. The van der Waals surface area contributed by atoms with Crippen LogP contribution in [-0.2, 0) is 20.8 Å². The standard InChI is InChI=1S/C20H20FNO6/c1-22(11-13-8-9-17(26-2)16(21)10-13)18(23)12-28-20(25)15-7-5-4-6-14(15)19(24)27-3/h4-10H,11-12H2,1-3H3. The number of likely N-dealkylation sites (N-methyl/N-ethyl adjacent to an activating group) is 1. The Labute approximate surface area is 161 Å². The quantitative estimate of drug-likeness (QED) is 0.677. The van der Waals surface area contributed by atoms with Gasteiger partial charge in [-0.1, -0.05) is 18.2 Å². The Morgan fingerprint density at radius 1 is 1.00 bits per heavy atom. The first-order chi connectivity index (χ1) is 13.4. The molecule has 0 aliphatic carbocycles. The molecule has 0 heterocycles. The minimum atomic E-state index is -0.821. The van der Waals surface area contributed by atoms with Crippen LogP contribution in [0.1, 0.15) is 26.3 Å². The number of hydrogen-bond acceptors (Lipinski definition) is 6. The summed E-state index contributed by atoms with van der Waals surface area (Å²) in [5, 5.41) is 0. The maximum atomic E-state index is 13.7. The van der Waals surface area contributed by atoms with Crippen LogP contribution >= 0.6 is 0 Å². The lowest BCUT2D eigenvalue weighted by atomic mass is 10.1. The summed E-state index contributed by atoms with van der Waals surface area (Å²) >= 11 is 0. The molecule has 7 nitrogen and oxygen atoms in total. The van der Waals surface area contributed by atoms with Crippen LogP contribution < -0.4 is 4.74 Å². The van der Waals surface area contributed by atoms with E-state index in [2.05, 4.69) is 4.74 Å². The molecule has 0 N–H and O–H groups in total. The summed E-state index contributed by atoms with van der Waals surface area (Å²) in [6, 6.07) is 10.3. The zero-order chi connectivity index (χ0) is 20.7. The number of halogens is 1. The molecule has 0 atom stereocenters. The number of methoxy groups -OCH3 is 2. The molecule has 0 fully saturated rings. The highest BCUT2D eigenvalue weighted by Gasteiger charge is 2.20. The number of ether oxygens (including phenoxy) is 3. The second-order valence-corrected chi connectivity index (χ2v) is 5.83. The van der Waals surface area contributed by atoms with Gasteiger partial charge in [0, 0.05) is 13.6 Å². The lowest BCUT2D eigenvalue weighted by molar-refractivity contribution is -0.133. The number of carbonyl (C=O) groups excluding carboxylic acids is 3. The Hall–Kier alpha value is -3.42. The van der Waals surface area contributed by atoms with E-state index in [-0.39, 0.29) is 23.4 Å². The van der Waals surface area contributed by atoms with Gasteiger partial charge in [-0.3, -0.25) is 4.79 Å². The number of rotatable bonds is 7. The van der Waals surface area contributed by atoms with Gasteiger partial charge in [-0.2, -0.15) is 0 Å². The Kier molecular flexibility index (Phi) is 7.08. The van der Waals surface area contributed by atoms with E-state index in [1.165, 1.54) is 50.4 Å². The molecule has 2 aromatic rings. The minimum Gasteiger partial charge on any atom is -0.494 e. The topological polar surface area (TPSA) is 82.1 Å². The molecule has 0 aromatic heterocycles. The zero-order valence-electron chi connectivity index (χ0n) is 15.7. The Bertz CT molecular complexity index is 883. The molecule has 1 amide bonds. The zero-order valence-corrected chi connectivity index (χ0v) is 15.7. The van der Waals surface area contributed by atoms with E-state index in [0.29, 0.717) is 5.56 Å². The van der Waals surface area contributed by atoms with Gasteiger partial charge in [0.2, 0.25) is 0 Å². The highest BCUT2D eigenvalue weighted by molar-refractivity contribution is 6.03. The number of hydrogen-bond donors (Lipinski definition) is 0. The molecule has 2 rings (SSSR count). The summed E-state index contributed by atoms with van der Waals surface area (Å²) in [4.78, 5) is 37.4. The fourth-order valence-electron chi connectivity index (χ4n) is 2.43. The van der Waals surface area contributed by atoms with Crippen molar-refractivity contribution in [2.75, 3.05) is 27.9 Å². The van der Waals surface area contributed by atoms with Crippen LogP contribution in [0.2, 0.25) is 0 Å². The molecule has 0 spiro atoms. The van der Waals surface area contributed by atoms with E-state index in [1.54, 1.807) is 18.2 Å². The third kappa shape index (κ3) is 5.06. The van der Waals surface area contributed by atoms with Crippen molar-refractivity contribution in [3.05, 3.63) is 65.0 Å². The van der Waals surface area contributed by atoms with Crippen LogP contribution in [0.15, 0.2) is 42.5 Å². The van der Waals surface area contributed by atoms with E-state index < -0.39 is 30.3 Å². The van der Waals surface area contributed by atoms with Gasteiger partial charge >= 0.3 is 11.9 Å². The summed E-state index contributed by atoms with van der Waals surface area (Å²) in [7, 11) is 4.06. The highest BCUT2D eigenvalue weighted by Crippen LogP contribution is 2.18. The average Bonchev–Trinajstić information content (AvgIpc) is 2.71. The van der Waals surface area contributed by atoms with Gasteiger partial charge < -0.3 is 19.1 Å². The predicted octanol–water partition coefficient (Wildman–Crippen LogP) is 2.44. The smallest absolute Gasteiger partial charge is 0.339 e. The van der Waals surface area contributed by atoms with Crippen LogP contribution in [0.25, 0.3) is 0 Å². The Balaban J connectivity index is 1.97. The molecule has 0 unspecified atom stereocenters. The van der Waals surface area contributed by atoms with E-state index in [4.69, 9.17) is 9.47 Å². The van der Waals surface area contributed by atoms with Gasteiger partial charge in [-0.15, -0.1) is 0 Å². The van der Waals surface area contributed by atoms with Crippen LogP contribution in [0.5, 0.6) is 5.75 Å². The molecule has 28 heavy (non-hydrogen) atoms. The van der Waals surface area contributed by atoms with Crippen LogP contribution in [-0.4, -0.2) is 50.6 Å². The first-order valence-corrected chi connectivity index (χ1v) is 8.28. The molecule has 2 aromatic carbocycles. The lowest BCUT2D eigenvalue weighted by Crippen LogP contribution is -2.31. The van der Waals surface area contributed by atoms with Crippen molar-refractivity contribution in [3.8, 4) is 5.75 Å². The number of nitrogens with zero attached hydrogens (tertiary/aromatic N) is 1. The number of carbonyl (C=O) groups is 3. The molecular formula is C20H20FNO6. The minimum absolute atomic E-state index is 0.00188. The maximum absolute atomic E-state index is 13.7. The van der Waals surface area contributed by atoms with Gasteiger partial charge in [0.15, 0.2) is 18.2 Å². The lowest BCUT2D eigenvalue weighted by Gasteiger charge is -2.18. The fraction of sp³-hybridized carbons (Fsp3) is 0.250. The molecule has 0 saturated carbocycles. The first-order valence-electron chi connectivity index (χ1n) is 8.28. The molecule has 0 aliphatic heterocycles. The summed E-state index contributed by atoms with van der Waals surface area (Å²) < 4.78 is 28.2. The monoisotopic (exact) mass is 389 g/mol. The van der Waals surface area contributed by atoms with Crippen molar-refractivity contribution in [2.24, 2.45) is 0 Å². The highest BCUT2D eigenvalue weighted by atomic mass is 19.1. The van der Waals surface area contributed by atoms with Gasteiger partial charge in [0.25, 0.3) is 5.91 Å². The Morgan fingerprint density at radius 2 is 1.64 bits per heavy atom. The van der Waals surface area contributed by atoms with Crippen molar-refractivity contribution in [1.29, 1.82) is 0 Å². The fourth-order valence-corrected chi connectivity index (χ4v) is 2.43. The summed E-state index contributed by atoms with van der Waals surface area (Å²) in [6.07, 6.45) is 0. The van der Waals surface area contributed by atoms with Crippen molar-refractivity contribution in [1.82, 2.24) is 4.90 Å². The molecule has 148 valence electrons. The van der Waals surface area contributed by atoms with E-state index >= 15 is 0 Å².